The van der Waals surface area contributed by atoms with Gasteiger partial charge < -0.3 is 4.42 Å². The number of rotatable bonds is 6. The Kier molecular flexibility index (Phi) is 4.77. The molecular weight excluding hydrogens is 362 g/mol. The molecule has 4 rings (SSSR count). The summed E-state index contributed by atoms with van der Waals surface area (Å²) in [7, 11) is 0. The third-order valence-corrected chi connectivity index (χ3v) is 4.78. The molecule has 0 unspecified atom stereocenters. The molecule has 0 fully saturated rings. The van der Waals surface area contributed by atoms with E-state index in [-0.39, 0.29) is 5.76 Å². The fourth-order valence-electron chi connectivity index (χ4n) is 2.98. The Bertz CT molecular complexity index is 1100. The predicted octanol–water partition coefficient (Wildman–Crippen LogP) is 5.49. The van der Waals surface area contributed by atoms with Gasteiger partial charge in [-0.25, -0.2) is 0 Å². The first kappa shape index (κ1) is 17.5. The summed E-state index contributed by atoms with van der Waals surface area (Å²) in [6.45, 7) is 2.19. The van der Waals surface area contributed by atoms with Crippen LogP contribution in [0.25, 0.3) is 28.0 Å². The van der Waals surface area contributed by atoms with E-state index >= 15 is 0 Å². The van der Waals surface area contributed by atoms with Crippen LogP contribution in [0.3, 0.4) is 0 Å². The lowest BCUT2D eigenvalue weighted by Gasteiger charge is -2.02. The predicted molar refractivity (Wildman–Crippen MR) is 106 cm³/mol. The minimum absolute atomic E-state index is 0.257. The van der Waals surface area contributed by atoms with Crippen molar-refractivity contribution in [2.24, 2.45) is 0 Å². The largest absolute Gasteiger partial charge is 0.453 e. The molecule has 2 aromatic carbocycles. The quantitative estimate of drug-likeness (QED) is 0.415. The second kappa shape index (κ2) is 7.37. The maximum Gasteiger partial charge on any atom is 0.185 e. The highest BCUT2D eigenvalue weighted by Crippen LogP contribution is 2.32. The average Bonchev–Trinajstić information content (AvgIpc) is 3.32. The van der Waals surface area contributed by atoms with Crippen molar-refractivity contribution in [3.63, 3.8) is 0 Å². The number of hydrogen-bond acceptors (Lipinski definition) is 4. The summed E-state index contributed by atoms with van der Waals surface area (Å²) in [5, 5.41) is 9.59. The Morgan fingerprint density at radius 1 is 1.07 bits per heavy atom. The molecule has 0 aliphatic rings. The van der Waals surface area contributed by atoms with Crippen LogP contribution in [0.15, 0.2) is 52.9 Å². The van der Waals surface area contributed by atoms with E-state index in [4.69, 9.17) is 16.0 Å². The van der Waals surface area contributed by atoms with E-state index in [1.807, 2.05) is 18.2 Å². The average molecular weight is 380 g/mol. The van der Waals surface area contributed by atoms with Gasteiger partial charge in [0, 0.05) is 5.56 Å². The Hall–Kier alpha value is -2.92. The first-order chi connectivity index (χ1) is 13.2. The van der Waals surface area contributed by atoms with Crippen LogP contribution in [-0.2, 0) is 6.42 Å². The van der Waals surface area contributed by atoms with E-state index in [2.05, 4.69) is 29.3 Å². The fourth-order valence-corrected chi connectivity index (χ4v) is 3.23. The summed E-state index contributed by atoms with van der Waals surface area (Å²) in [4.78, 5) is 12.4. The summed E-state index contributed by atoms with van der Waals surface area (Å²) < 4.78 is 5.48. The Morgan fingerprint density at radius 2 is 1.81 bits per heavy atom. The number of carbonyl (C=O) groups is 1. The lowest BCUT2D eigenvalue weighted by molar-refractivity contribution is 0.110. The van der Waals surface area contributed by atoms with Crippen molar-refractivity contribution in [3.05, 3.63) is 64.9 Å². The van der Waals surface area contributed by atoms with Crippen molar-refractivity contribution in [2.45, 2.75) is 26.2 Å². The number of carbonyl (C=O) groups excluding carboxylic acids is 1. The topological polar surface area (TPSA) is 60.9 Å². The molecule has 6 heteroatoms. The molecule has 2 aromatic heterocycles. The van der Waals surface area contributed by atoms with Crippen LogP contribution in [-0.4, -0.2) is 21.3 Å². The molecule has 0 amide bonds. The summed E-state index contributed by atoms with van der Waals surface area (Å²) in [5.41, 5.74) is 4.28. The van der Waals surface area contributed by atoms with Gasteiger partial charge in [-0.1, -0.05) is 37.1 Å². The normalized spacial score (nSPS) is 11.2. The first-order valence-electron chi connectivity index (χ1n) is 8.89. The minimum atomic E-state index is 0.257. The molecule has 2 heterocycles. The van der Waals surface area contributed by atoms with E-state index in [1.54, 1.807) is 23.0 Å². The highest BCUT2D eigenvalue weighted by molar-refractivity contribution is 6.34. The molecule has 0 aliphatic carbocycles. The van der Waals surface area contributed by atoms with Gasteiger partial charge in [0.2, 0.25) is 0 Å². The third kappa shape index (κ3) is 3.51. The molecule has 0 saturated carbocycles. The number of aldehydes is 1. The van der Waals surface area contributed by atoms with Crippen molar-refractivity contribution in [2.75, 3.05) is 0 Å². The summed E-state index contributed by atoms with van der Waals surface area (Å²) in [5.74, 6) is 0.784. The van der Waals surface area contributed by atoms with Crippen LogP contribution in [0.1, 0.15) is 35.9 Å². The van der Waals surface area contributed by atoms with Gasteiger partial charge in [-0.05, 0) is 54.8 Å². The van der Waals surface area contributed by atoms with Crippen molar-refractivity contribution in [1.82, 2.24) is 15.0 Å². The van der Waals surface area contributed by atoms with Crippen LogP contribution >= 0.6 is 11.6 Å². The maximum absolute atomic E-state index is 10.8. The molecule has 0 bridgehead atoms. The number of fused-ring (bicyclic) bond motifs is 1. The number of furan rings is 1. The lowest BCUT2D eigenvalue weighted by Crippen LogP contribution is -1.98. The van der Waals surface area contributed by atoms with Gasteiger partial charge in [-0.3, -0.25) is 4.79 Å². The van der Waals surface area contributed by atoms with Crippen molar-refractivity contribution < 1.29 is 9.21 Å². The van der Waals surface area contributed by atoms with Gasteiger partial charge in [-0.15, -0.1) is 10.2 Å². The third-order valence-electron chi connectivity index (χ3n) is 4.46. The zero-order valence-electron chi connectivity index (χ0n) is 14.9. The standard InChI is InChI=1S/C21H18ClN3O2/c1-2-3-4-14-5-7-15(8-6-14)25-23-19-11-17(18(22)12-20(19)24-25)21-10-9-16(13-26)27-21/h5-13H,2-4H2,1H3. The molecule has 0 atom stereocenters. The Balaban J connectivity index is 1.69. The van der Waals surface area contributed by atoms with Gasteiger partial charge in [0.15, 0.2) is 12.0 Å². The number of unbranched alkanes of at least 4 members (excludes halogenated alkanes) is 1. The summed E-state index contributed by atoms with van der Waals surface area (Å²) >= 11 is 6.39. The van der Waals surface area contributed by atoms with E-state index in [9.17, 15) is 4.79 Å². The van der Waals surface area contributed by atoms with Gasteiger partial charge in [0.05, 0.1) is 10.7 Å². The smallest absolute Gasteiger partial charge is 0.185 e. The highest BCUT2D eigenvalue weighted by atomic mass is 35.5. The number of nitrogens with zero attached hydrogens (tertiary/aromatic N) is 3. The molecule has 27 heavy (non-hydrogen) atoms. The summed E-state index contributed by atoms with van der Waals surface area (Å²) in [6.07, 6.45) is 4.11. The van der Waals surface area contributed by atoms with Crippen LogP contribution in [0.2, 0.25) is 5.02 Å². The fraction of sp³-hybridized carbons (Fsp3) is 0.190. The number of halogens is 1. The Morgan fingerprint density at radius 3 is 2.48 bits per heavy atom. The number of aromatic nitrogens is 3. The Labute approximate surface area is 161 Å². The van der Waals surface area contributed by atoms with E-state index in [0.717, 1.165) is 12.1 Å². The number of hydrogen-bond donors (Lipinski definition) is 0. The van der Waals surface area contributed by atoms with E-state index < -0.39 is 0 Å². The highest BCUT2D eigenvalue weighted by Gasteiger charge is 2.13. The monoisotopic (exact) mass is 379 g/mol. The molecule has 0 radical (unpaired) electrons. The van der Waals surface area contributed by atoms with Gasteiger partial charge in [0.1, 0.15) is 16.8 Å². The van der Waals surface area contributed by atoms with E-state index in [1.165, 1.54) is 18.4 Å². The molecule has 136 valence electrons. The summed E-state index contributed by atoms with van der Waals surface area (Å²) in [6, 6.07) is 15.2. The van der Waals surface area contributed by atoms with Crippen LogP contribution in [0.5, 0.6) is 0 Å². The molecule has 0 N–H and O–H groups in total. The zero-order valence-corrected chi connectivity index (χ0v) is 15.6. The molecule has 5 nitrogen and oxygen atoms in total. The van der Waals surface area contributed by atoms with Gasteiger partial charge in [-0.2, -0.15) is 4.80 Å². The van der Waals surface area contributed by atoms with Crippen LogP contribution in [0, 0.1) is 0 Å². The second-order valence-corrected chi connectivity index (χ2v) is 6.81. The van der Waals surface area contributed by atoms with E-state index in [0.29, 0.717) is 33.7 Å². The first-order valence-corrected chi connectivity index (χ1v) is 9.27. The maximum atomic E-state index is 10.8. The van der Waals surface area contributed by atoms with Crippen molar-refractivity contribution in [1.29, 1.82) is 0 Å². The second-order valence-electron chi connectivity index (χ2n) is 6.40. The molecule has 0 aliphatic heterocycles. The van der Waals surface area contributed by atoms with Crippen molar-refractivity contribution in [3.8, 4) is 17.0 Å². The van der Waals surface area contributed by atoms with Crippen LogP contribution < -0.4 is 0 Å². The van der Waals surface area contributed by atoms with Crippen molar-refractivity contribution >= 4 is 28.9 Å². The van der Waals surface area contributed by atoms with Gasteiger partial charge >= 0.3 is 0 Å². The molecule has 4 aromatic rings. The van der Waals surface area contributed by atoms with Gasteiger partial charge in [0.25, 0.3) is 0 Å². The zero-order chi connectivity index (χ0) is 18.8. The minimum Gasteiger partial charge on any atom is -0.453 e. The van der Waals surface area contributed by atoms with Crippen LogP contribution in [0.4, 0.5) is 0 Å². The number of benzene rings is 2. The molecule has 0 saturated heterocycles. The molecular formula is C21H18ClN3O2. The lowest BCUT2D eigenvalue weighted by atomic mass is 10.1. The number of aryl methyl sites for hydroxylation is 1. The molecule has 0 spiro atoms. The SMILES string of the molecule is CCCCc1ccc(-n2nc3cc(Cl)c(-c4ccc(C=O)o4)cc3n2)cc1.